The van der Waals surface area contributed by atoms with Crippen LogP contribution in [0.5, 0.6) is 0 Å². The number of likely N-dealkylation sites (tertiary alicyclic amines) is 1. The minimum absolute atomic E-state index is 0.0735. The van der Waals surface area contributed by atoms with Crippen LogP contribution in [-0.4, -0.2) is 40.6 Å². The lowest BCUT2D eigenvalue weighted by atomic mass is 9.96. The zero-order valence-electron chi connectivity index (χ0n) is 15.9. The van der Waals surface area contributed by atoms with E-state index in [2.05, 4.69) is 4.98 Å². The molecule has 0 radical (unpaired) electrons. The fourth-order valence-corrected chi connectivity index (χ4v) is 3.11. The van der Waals surface area contributed by atoms with Gasteiger partial charge in [-0.1, -0.05) is 6.07 Å². The fraction of sp³-hybridized carbons (Fsp3) is 0.632. The summed E-state index contributed by atoms with van der Waals surface area (Å²) in [6.07, 6.45) is 4.47. The molecule has 2 heterocycles. The highest BCUT2D eigenvalue weighted by Crippen LogP contribution is 2.31. The maximum Gasteiger partial charge on any atom is 0.415 e. The number of aromatic nitrogens is 1. The van der Waals surface area contributed by atoms with E-state index in [0.717, 1.165) is 31.4 Å². The van der Waals surface area contributed by atoms with Gasteiger partial charge in [-0.15, -0.1) is 0 Å². The number of hydrogen-bond donors (Lipinski definition) is 0. The van der Waals surface area contributed by atoms with Crippen molar-refractivity contribution in [1.82, 2.24) is 9.88 Å². The van der Waals surface area contributed by atoms with Gasteiger partial charge in [0.25, 0.3) is 0 Å². The Morgan fingerprint density at radius 1 is 1.32 bits per heavy atom. The van der Waals surface area contributed by atoms with Crippen molar-refractivity contribution in [3.8, 4) is 0 Å². The largest absolute Gasteiger partial charge is 0.443 e. The monoisotopic (exact) mass is 347 g/mol. The smallest absolute Gasteiger partial charge is 0.415 e. The predicted molar refractivity (Wildman–Crippen MR) is 97.5 cm³/mol. The van der Waals surface area contributed by atoms with Gasteiger partial charge >= 0.3 is 6.09 Å². The first-order chi connectivity index (χ1) is 11.7. The normalized spacial score (nSPS) is 18.0. The number of ether oxygens (including phenoxy) is 1. The van der Waals surface area contributed by atoms with E-state index < -0.39 is 11.7 Å². The third-order valence-corrected chi connectivity index (χ3v) is 4.27. The van der Waals surface area contributed by atoms with Gasteiger partial charge in [-0.3, -0.25) is 9.69 Å². The Balaban J connectivity index is 2.17. The van der Waals surface area contributed by atoms with Crippen molar-refractivity contribution in [2.24, 2.45) is 0 Å². The Hall–Kier alpha value is -2.11. The Kier molecular flexibility index (Phi) is 6.03. The van der Waals surface area contributed by atoms with Crippen molar-refractivity contribution in [2.45, 2.75) is 65.5 Å². The van der Waals surface area contributed by atoms with Crippen LogP contribution < -0.4 is 4.90 Å². The van der Waals surface area contributed by atoms with E-state index >= 15 is 0 Å². The van der Waals surface area contributed by atoms with E-state index in [4.69, 9.17) is 4.74 Å². The molecule has 0 aromatic carbocycles. The van der Waals surface area contributed by atoms with Crippen molar-refractivity contribution in [3.63, 3.8) is 0 Å². The molecule has 138 valence electrons. The van der Waals surface area contributed by atoms with Crippen LogP contribution in [0.2, 0.25) is 0 Å². The standard InChI is InChI=1S/C19H29N3O3/c1-6-21(18(24)25-19(3,4)5)17-11-10-15(13-20-17)16-9-7-8-12-22(16)14(2)23/h10-11,13,16H,6-9,12H2,1-5H3. The predicted octanol–water partition coefficient (Wildman–Crippen LogP) is 3.92. The van der Waals surface area contributed by atoms with Crippen LogP contribution in [0.25, 0.3) is 0 Å². The first kappa shape index (κ1) is 19.2. The average molecular weight is 347 g/mol. The molecule has 1 saturated heterocycles. The summed E-state index contributed by atoms with van der Waals surface area (Å²) in [7, 11) is 0. The van der Waals surface area contributed by atoms with Crippen LogP contribution in [0.3, 0.4) is 0 Å². The molecule has 1 unspecified atom stereocenters. The number of nitrogens with zero attached hydrogens (tertiary/aromatic N) is 3. The summed E-state index contributed by atoms with van der Waals surface area (Å²) in [6.45, 7) is 10.3. The third-order valence-electron chi connectivity index (χ3n) is 4.27. The third kappa shape index (κ3) is 4.94. The molecule has 1 aliphatic heterocycles. The van der Waals surface area contributed by atoms with E-state index in [-0.39, 0.29) is 11.9 Å². The topological polar surface area (TPSA) is 62.7 Å². The van der Waals surface area contributed by atoms with Crippen LogP contribution >= 0.6 is 0 Å². The molecule has 2 rings (SSSR count). The zero-order chi connectivity index (χ0) is 18.6. The highest BCUT2D eigenvalue weighted by molar-refractivity contribution is 5.86. The summed E-state index contributed by atoms with van der Waals surface area (Å²) in [6, 6.07) is 3.86. The number of anilines is 1. The summed E-state index contributed by atoms with van der Waals surface area (Å²) in [5, 5.41) is 0. The maximum atomic E-state index is 12.3. The lowest BCUT2D eigenvalue weighted by molar-refractivity contribution is -0.132. The molecule has 6 nitrogen and oxygen atoms in total. The second kappa shape index (κ2) is 7.85. The fourth-order valence-electron chi connectivity index (χ4n) is 3.11. The van der Waals surface area contributed by atoms with Crippen molar-refractivity contribution in [1.29, 1.82) is 0 Å². The molecule has 0 spiro atoms. The number of hydrogen-bond acceptors (Lipinski definition) is 4. The molecule has 0 saturated carbocycles. The summed E-state index contributed by atoms with van der Waals surface area (Å²) in [5.41, 5.74) is 0.466. The highest BCUT2D eigenvalue weighted by atomic mass is 16.6. The second-order valence-electron chi connectivity index (χ2n) is 7.40. The van der Waals surface area contributed by atoms with Gasteiger partial charge in [0.2, 0.25) is 5.91 Å². The van der Waals surface area contributed by atoms with Crippen molar-refractivity contribution < 1.29 is 14.3 Å². The lowest BCUT2D eigenvalue weighted by Gasteiger charge is -2.35. The molecule has 6 heteroatoms. The molecule has 2 amide bonds. The summed E-state index contributed by atoms with van der Waals surface area (Å²) < 4.78 is 5.43. The molecule has 1 aromatic heterocycles. The Morgan fingerprint density at radius 2 is 2.04 bits per heavy atom. The average Bonchev–Trinajstić information content (AvgIpc) is 2.54. The van der Waals surface area contributed by atoms with Crippen LogP contribution in [-0.2, 0) is 9.53 Å². The van der Waals surface area contributed by atoms with E-state index in [1.807, 2.05) is 44.7 Å². The number of carbonyl (C=O) groups excluding carboxylic acids is 2. The summed E-state index contributed by atoms with van der Waals surface area (Å²) in [4.78, 5) is 32.1. The summed E-state index contributed by atoms with van der Waals surface area (Å²) >= 11 is 0. The van der Waals surface area contributed by atoms with Gasteiger partial charge in [-0.05, 0) is 58.6 Å². The SMILES string of the molecule is CCN(C(=O)OC(C)(C)C)c1ccc(C2CCCCN2C(C)=O)cn1. The molecule has 1 atom stereocenters. The molecule has 0 bridgehead atoms. The van der Waals surface area contributed by atoms with Gasteiger partial charge in [0.1, 0.15) is 11.4 Å². The van der Waals surface area contributed by atoms with Crippen LogP contribution in [0.4, 0.5) is 10.6 Å². The number of amides is 2. The van der Waals surface area contributed by atoms with Gasteiger partial charge in [0.15, 0.2) is 0 Å². The van der Waals surface area contributed by atoms with Crippen molar-refractivity contribution in [3.05, 3.63) is 23.9 Å². The number of pyridine rings is 1. The van der Waals surface area contributed by atoms with Crippen molar-refractivity contribution >= 4 is 17.8 Å². The van der Waals surface area contributed by atoms with E-state index in [9.17, 15) is 9.59 Å². The first-order valence-electron chi connectivity index (χ1n) is 8.96. The minimum atomic E-state index is -0.547. The van der Waals surface area contributed by atoms with Gasteiger partial charge in [-0.25, -0.2) is 9.78 Å². The zero-order valence-corrected chi connectivity index (χ0v) is 15.9. The number of piperidine rings is 1. The summed E-state index contributed by atoms with van der Waals surface area (Å²) in [5.74, 6) is 0.656. The Morgan fingerprint density at radius 3 is 2.56 bits per heavy atom. The number of carbonyl (C=O) groups is 2. The van der Waals surface area contributed by atoms with E-state index in [0.29, 0.717) is 12.4 Å². The van der Waals surface area contributed by atoms with Gasteiger partial charge < -0.3 is 9.64 Å². The van der Waals surface area contributed by atoms with Crippen LogP contribution in [0, 0.1) is 0 Å². The Labute approximate surface area is 150 Å². The first-order valence-corrected chi connectivity index (χ1v) is 8.96. The molecule has 25 heavy (non-hydrogen) atoms. The maximum absolute atomic E-state index is 12.3. The van der Waals surface area contributed by atoms with Gasteiger partial charge in [-0.2, -0.15) is 0 Å². The van der Waals surface area contributed by atoms with E-state index in [1.54, 1.807) is 13.1 Å². The molecular formula is C19H29N3O3. The Bertz CT molecular complexity index is 607. The quantitative estimate of drug-likeness (QED) is 0.831. The van der Waals surface area contributed by atoms with Gasteiger partial charge in [0, 0.05) is 26.2 Å². The second-order valence-corrected chi connectivity index (χ2v) is 7.40. The molecule has 0 aliphatic carbocycles. The van der Waals surface area contributed by atoms with Crippen molar-refractivity contribution in [2.75, 3.05) is 18.0 Å². The molecule has 1 aromatic rings. The van der Waals surface area contributed by atoms with Crippen LogP contribution in [0.15, 0.2) is 18.3 Å². The molecule has 1 fully saturated rings. The lowest BCUT2D eigenvalue weighted by Crippen LogP contribution is -2.38. The molecule has 0 N–H and O–H groups in total. The van der Waals surface area contributed by atoms with Gasteiger partial charge in [0.05, 0.1) is 6.04 Å². The van der Waals surface area contributed by atoms with E-state index in [1.165, 1.54) is 4.90 Å². The highest BCUT2D eigenvalue weighted by Gasteiger charge is 2.27. The molecule has 1 aliphatic rings. The number of rotatable bonds is 3. The van der Waals surface area contributed by atoms with Crippen LogP contribution in [0.1, 0.15) is 65.5 Å². The molecular weight excluding hydrogens is 318 g/mol. The minimum Gasteiger partial charge on any atom is -0.443 e.